The second-order valence-corrected chi connectivity index (χ2v) is 6.08. The quantitative estimate of drug-likeness (QED) is 0.767. The van der Waals surface area contributed by atoms with Gasteiger partial charge in [0.15, 0.2) is 0 Å². The van der Waals surface area contributed by atoms with Crippen LogP contribution in [0.4, 0.5) is 0 Å². The molecule has 2 rings (SSSR count). The summed E-state index contributed by atoms with van der Waals surface area (Å²) in [6.45, 7) is 0.517. The molecule has 0 aliphatic heterocycles. The Morgan fingerprint density at radius 2 is 1.89 bits per heavy atom. The smallest absolute Gasteiger partial charge is 0.240 e. The topological polar surface area (TPSA) is 73.1 Å². The van der Waals surface area contributed by atoms with Crippen molar-refractivity contribution in [2.45, 2.75) is 63.9 Å². The number of aliphatic hydroxyl groups excluding tert-OH is 1. The Morgan fingerprint density at radius 1 is 1.21 bits per heavy atom. The lowest BCUT2D eigenvalue weighted by Gasteiger charge is -2.25. The lowest BCUT2D eigenvalue weighted by Crippen LogP contribution is -2.42. The highest BCUT2D eigenvalue weighted by atomic mass is 16.3. The van der Waals surface area contributed by atoms with Crippen LogP contribution in [-0.4, -0.2) is 23.7 Å². The zero-order valence-corrected chi connectivity index (χ0v) is 11.5. The van der Waals surface area contributed by atoms with Crippen LogP contribution in [0, 0.1) is 22.7 Å². The molecule has 0 radical (unpaired) electrons. The summed E-state index contributed by atoms with van der Waals surface area (Å²) < 4.78 is 0. The Kier molecular flexibility index (Phi) is 4.81. The van der Waals surface area contributed by atoms with Crippen molar-refractivity contribution in [1.29, 1.82) is 5.26 Å². The number of aliphatic hydroxyl groups is 1. The predicted molar refractivity (Wildman–Crippen MR) is 72.1 cm³/mol. The summed E-state index contributed by atoms with van der Waals surface area (Å²) in [5.74, 6) is 0.0569. The molecule has 0 bridgehead atoms. The second kappa shape index (κ2) is 6.38. The molecule has 0 heterocycles. The number of carbonyl (C=O) groups excluding carboxylic acids is 1. The fourth-order valence-corrected chi connectivity index (χ4v) is 3.37. The fraction of sp³-hybridized carbons (Fsp3) is 0.867. The fourth-order valence-electron chi connectivity index (χ4n) is 3.37. The van der Waals surface area contributed by atoms with Gasteiger partial charge in [0, 0.05) is 12.5 Å². The van der Waals surface area contributed by atoms with Crippen LogP contribution < -0.4 is 5.32 Å². The highest BCUT2D eigenvalue weighted by Crippen LogP contribution is 2.35. The number of carbonyl (C=O) groups is 1. The maximum Gasteiger partial charge on any atom is 0.240 e. The van der Waals surface area contributed by atoms with Crippen molar-refractivity contribution in [1.82, 2.24) is 5.32 Å². The first-order valence-electron chi connectivity index (χ1n) is 7.55. The van der Waals surface area contributed by atoms with Gasteiger partial charge in [-0.05, 0) is 25.7 Å². The van der Waals surface area contributed by atoms with E-state index in [-0.39, 0.29) is 17.9 Å². The van der Waals surface area contributed by atoms with E-state index in [0.717, 1.165) is 44.9 Å². The van der Waals surface area contributed by atoms with Gasteiger partial charge in [0.25, 0.3) is 0 Å². The van der Waals surface area contributed by atoms with Crippen LogP contribution in [0.3, 0.4) is 0 Å². The molecule has 2 aliphatic carbocycles. The molecule has 2 saturated carbocycles. The van der Waals surface area contributed by atoms with Crippen molar-refractivity contribution >= 4 is 5.91 Å². The summed E-state index contributed by atoms with van der Waals surface area (Å²) in [7, 11) is 0. The van der Waals surface area contributed by atoms with Crippen molar-refractivity contribution in [2.24, 2.45) is 11.3 Å². The number of nitrogens with one attached hydrogen (secondary N) is 1. The Labute approximate surface area is 115 Å². The van der Waals surface area contributed by atoms with Crippen molar-refractivity contribution in [3.05, 3.63) is 0 Å². The van der Waals surface area contributed by atoms with E-state index in [1.807, 2.05) is 0 Å². The van der Waals surface area contributed by atoms with E-state index in [1.54, 1.807) is 0 Å². The second-order valence-electron chi connectivity index (χ2n) is 6.08. The minimum Gasteiger partial charge on any atom is -0.393 e. The minimum atomic E-state index is -0.819. The van der Waals surface area contributed by atoms with E-state index in [4.69, 9.17) is 0 Å². The highest BCUT2D eigenvalue weighted by molar-refractivity contribution is 5.85. The lowest BCUT2D eigenvalue weighted by molar-refractivity contribution is -0.129. The zero-order valence-electron chi connectivity index (χ0n) is 11.5. The molecule has 0 spiro atoms. The molecule has 0 aromatic heterocycles. The molecular weight excluding hydrogens is 240 g/mol. The summed E-state index contributed by atoms with van der Waals surface area (Å²) in [6.07, 6.45) is 8.10. The first-order chi connectivity index (χ1) is 9.18. The van der Waals surface area contributed by atoms with Crippen molar-refractivity contribution in [2.75, 3.05) is 6.54 Å². The molecule has 0 saturated heterocycles. The summed E-state index contributed by atoms with van der Waals surface area (Å²) in [4.78, 5) is 12.4. The molecule has 19 heavy (non-hydrogen) atoms. The molecule has 4 nitrogen and oxygen atoms in total. The van der Waals surface area contributed by atoms with Crippen molar-refractivity contribution < 1.29 is 9.90 Å². The van der Waals surface area contributed by atoms with Gasteiger partial charge in [-0.1, -0.05) is 32.1 Å². The van der Waals surface area contributed by atoms with Crippen LogP contribution >= 0.6 is 0 Å². The van der Waals surface area contributed by atoms with E-state index in [0.29, 0.717) is 19.4 Å². The van der Waals surface area contributed by atoms with E-state index in [1.165, 1.54) is 0 Å². The average Bonchev–Trinajstić information content (AvgIpc) is 2.68. The molecule has 106 valence electrons. The molecule has 2 unspecified atom stereocenters. The van der Waals surface area contributed by atoms with Gasteiger partial charge in [-0.2, -0.15) is 5.26 Å². The maximum absolute atomic E-state index is 12.4. The molecule has 2 fully saturated rings. The Morgan fingerprint density at radius 3 is 2.42 bits per heavy atom. The van der Waals surface area contributed by atoms with Gasteiger partial charge < -0.3 is 10.4 Å². The normalized spacial score (nSPS) is 30.3. The third-order valence-electron chi connectivity index (χ3n) is 4.75. The summed E-state index contributed by atoms with van der Waals surface area (Å²) >= 11 is 0. The Hall–Kier alpha value is -1.08. The number of hydrogen-bond acceptors (Lipinski definition) is 3. The molecule has 0 aromatic rings. The molecule has 4 heteroatoms. The van der Waals surface area contributed by atoms with Gasteiger partial charge in [-0.25, -0.2) is 0 Å². The minimum absolute atomic E-state index is 0.115. The van der Waals surface area contributed by atoms with Crippen molar-refractivity contribution in [3.8, 4) is 6.07 Å². The Bertz CT molecular complexity index is 354. The van der Waals surface area contributed by atoms with E-state index in [2.05, 4.69) is 11.4 Å². The Balaban J connectivity index is 1.91. The summed E-state index contributed by atoms with van der Waals surface area (Å²) in [5.41, 5.74) is -0.819. The van der Waals surface area contributed by atoms with E-state index >= 15 is 0 Å². The third kappa shape index (κ3) is 3.27. The predicted octanol–water partition coefficient (Wildman–Crippen LogP) is 2.13. The van der Waals surface area contributed by atoms with Gasteiger partial charge in [-0.15, -0.1) is 0 Å². The molecule has 1 amide bonds. The lowest BCUT2D eigenvalue weighted by atomic mass is 9.81. The number of amides is 1. The van der Waals surface area contributed by atoms with Gasteiger partial charge in [-0.3, -0.25) is 4.79 Å². The van der Waals surface area contributed by atoms with Crippen LogP contribution in [0.15, 0.2) is 0 Å². The van der Waals surface area contributed by atoms with Gasteiger partial charge in [0.05, 0.1) is 12.2 Å². The third-order valence-corrected chi connectivity index (χ3v) is 4.75. The van der Waals surface area contributed by atoms with Gasteiger partial charge in [0.2, 0.25) is 5.91 Å². The maximum atomic E-state index is 12.4. The van der Waals surface area contributed by atoms with Gasteiger partial charge >= 0.3 is 0 Å². The average molecular weight is 264 g/mol. The highest BCUT2D eigenvalue weighted by Gasteiger charge is 2.39. The molecule has 2 N–H and O–H groups in total. The zero-order chi connectivity index (χ0) is 13.7. The van der Waals surface area contributed by atoms with Crippen LogP contribution in [0.25, 0.3) is 0 Å². The number of hydrogen-bond donors (Lipinski definition) is 2. The monoisotopic (exact) mass is 264 g/mol. The summed E-state index contributed by atoms with van der Waals surface area (Å²) in [6, 6.07) is 2.27. The molecule has 2 aliphatic rings. The largest absolute Gasteiger partial charge is 0.393 e. The number of nitriles is 1. The van der Waals surface area contributed by atoms with Crippen LogP contribution in [-0.2, 0) is 4.79 Å². The van der Waals surface area contributed by atoms with Gasteiger partial charge in [0.1, 0.15) is 5.41 Å². The first-order valence-corrected chi connectivity index (χ1v) is 7.55. The number of rotatable bonds is 3. The SMILES string of the molecule is N#CC1(C(=O)NCC2CCCC2O)CCCCCC1. The van der Waals surface area contributed by atoms with E-state index in [9.17, 15) is 15.2 Å². The first kappa shape index (κ1) is 14.3. The summed E-state index contributed by atoms with van der Waals surface area (Å²) in [5, 5.41) is 22.1. The molecule has 2 atom stereocenters. The number of nitrogens with zero attached hydrogens (tertiary/aromatic N) is 1. The van der Waals surface area contributed by atoms with Crippen LogP contribution in [0.5, 0.6) is 0 Å². The molecular formula is C15H24N2O2. The van der Waals surface area contributed by atoms with Crippen LogP contribution in [0.1, 0.15) is 57.8 Å². The molecule has 0 aromatic carbocycles. The van der Waals surface area contributed by atoms with Crippen LogP contribution in [0.2, 0.25) is 0 Å². The van der Waals surface area contributed by atoms with Crippen molar-refractivity contribution in [3.63, 3.8) is 0 Å². The standard InChI is InChI=1S/C15H24N2O2/c16-11-15(8-3-1-2-4-9-15)14(19)17-10-12-6-5-7-13(12)18/h12-13,18H,1-10H2,(H,17,19). The van der Waals surface area contributed by atoms with E-state index < -0.39 is 5.41 Å².